The molecule has 0 saturated carbocycles. The molecule has 1 fully saturated rings. The maximum absolute atomic E-state index is 12.7. The monoisotopic (exact) mass is 474 g/mol. The number of anilines is 1. The van der Waals surface area contributed by atoms with Gasteiger partial charge in [0.25, 0.3) is 11.1 Å². The van der Waals surface area contributed by atoms with Crippen LogP contribution in [-0.4, -0.2) is 42.2 Å². The van der Waals surface area contributed by atoms with Crippen LogP contribution in [0.5, 0.6) is 11.5 Å². The molecule has 2 aromatic rings. The Labute approximate surface area is 195 Å². The van der Waals surface area contributed by atoms with Gasteiger partial charge < -0.3 is 14.8 Å². The minimum atomic E-state index is -0.525. The SMILES string of the molecule is CCCCOc1ccc(/C=C2\SC(=O)N(CC(=O)Nc3cccc(Cl)c3)C2=O)cc1OC. The van der Waals surface area contributed by atoms with E-state index in [0.29, 0.717) is 34.4 Å². The lowest BCUT2D eigenvalue weighted by Gasteiger charge is -2.12. The van der Waals surface area contributed by atoms with Crippen LogP contribution in [0.2, 0.25) is 5.02 Å². The molecule has 0 aromatic heterocycles. The summed E-state index contributed by atoms with van der Waals surface area (Å²) in [5.41, 5.74) is 1.16. The number of hydrogen-bond acceptors (Lipinski definition) is 6. The van der Waals surface area contributed by atoms with E-state index in [1.165, 1.54) is 7.11 Å². The summed E-state index contributed by atoms with van der Waals surface area (Å²) in [6.07, 6.45) is 3.55. The van der Waals surface area contributed by atoms with E-state index in [9.17, 15) is 14.4 Å². The average molecular weight is 475 g/mol. The highest BCUT2D eigenvalue weighted by molar-refractivity contribution is 8.18. The van der Waals surface area contributed by atoms with Crippen LogP contribution in [0.1, 0.15) is 25.3 Å². The number of methoxy groups -OCH3 is 1. The Kier molecular flexibility index (Phi) is 8.19. The first-order valence-electron chi connectivity index (χ1n) is 10.0. The summed E-state index contributed by atoms with van der Waals surface area (Å²) in [7, 11) is 1.54. The Balaban J connectivity index is 1.68. The summed E-state index contributed by atoms with van der Waals surface area (Å²) in [5.74, 6) is 0.133. The number of benzene rings is 2. The van der Waals surface area contributed by atoms with Crippen molar-refractivity contribution in [3.8, 4) is 11.5 Å². The number of nitrogens with zero attached hydrogens (tertiary/aromatic N) is 1. The number of ether oxygens (including phenoxy) is 2. The minimum Gasteiger partial charge on any atom is -0.493 e. The minimum absolute atomic E-state index is 0.229. The van der Waals surface area contributed by atoms with Crippen LogP contribution in [0.25, 0.3) is 6.08 Å². The molecule has 0 spiro atoms. The normalized spacial score (nSPS) is 14.7. The first-order valence-corrected chi connectivity index (χ1v) is 11.2. The van der Waals surface area contributed by atoms with Gasteiger partial charge in [0.2, 0.25) is 5.91 Å². The summed E-state index contributed by atoms with van der Waals surface area (Å²) in [5, 5.41) is 2.59. The molecule has 0 radical (unpaired) electrons. The molecule has 0 unspecified atom stereocenters. The molecule has 32 heavy (non-hydrogen) atoms. The molecule has 0 atom stereocenters. The van der Waals surface area contributed by atoms with Gasteiger partial charge in [0.15, 0.2) is 11.5 Å². The summed E-state index contributed by atoms with van der Waals surface area (Å²) in [6, 6.07) is 11.9. The molecule has 0 aliphatic carbocycles. The molecule has 0 bridgehead atoms. The molecule has 1 heterocycles. The number of amides is 3. The van der Waals surface area contributed by atoms with Crippen molar-refractivity contribution in [2.45, 2.75) is 19.8 Å². The summed E-state index contributed by atoms with van der Waals surface area (Å²) in [4.78, 5) is 38.5. The molecule has 2 aromatic carbocycles. The molecule has 1 aliphatic heterocycles. The lowest BCUT2D eigenvalue weighted by molar-refractivity contribution is -0.127. The summed E-state index contributed by atoms with van der Waals surface area (Å²) in [6.45, 7) is 2.28. The van der Waals surface area contributed by atoms with Gasteiger partial charge in [0.1, 0.15) is 6.54 Å². The van der Waals surface area contributed by atoms with Crippen molar-refractivity contribution in [2.24, 2.45) is 0 Å². The van der Waals surface area contributed by atoms with Crippen molar-refractivity contribution in [3.05, 3.63) is 58.0 Å². The molecule has 3 amide bonds. The van der Waals surface area contributed by atoms with E-state index >= 15 is 0 Å². The van der Waals surface area contributed by atoms with Crippen molar-refractivity contribution < 1.29 is 23.9 Å². The second-order valence-electron chi connectivity index (χ2n) is 6.94. The lowest BCUT2D eigenvalue weighted by Crippen LogP contribution is -2.36. The van der Waals surface area contributed by atoms with Crippen LogP contribution in [0.4, 0.5) is 10.5 Å². The first kappa shape index (κ1) is 23.7. The average Bonchev–Trinajstić information content (AvgIpc) is 3.02. The van der Waals surface area contributed by atoms with Crippen molar-refractivity contribution >= 4 is 52.2 Å². The number of carbonyl (C=O) groups excluding carboxylic acids is 3. The fraction of sp³-hybridized carbons (Fsp3) is 0.261. The van der Waals surface area contributed by atoms with E-state index < -0.39 is 17.1 Å². The number of carbonyl (C=O) groups is 3. The molecule has 1 N–H and O–H groups in total. The number of hydrogen-bond donors (Lipinski definition) is 1. The zero-order valence-corrected chi connectivity index (χ0v) is 19.3. The second-order valence-corrected chi connectivity index (χ2v) is 8.37. The van der Waals surface area contributed by atoms with Gasteiger partial charge >= 0.3 is 0 Å². The van der Waals surface area contributed by atoms with Crippen LogP contribution >= 0.6 is 23.4 Å². The van der Waals surface area contributed by atoms with E-state index in [1.807, 2.05) is 0 Å². The second kappa shape index (κ2) is 11.1. The first-order chi connectivity index (χ1) is 15.4. The molecular formula is C23H23ClN2O5S. The van der Waals surface area contributed by atoms with Crippen molar-refractivity contribution in [2.75, 3.05) is 25.6 Å². The van der Waals surface area contributed by atoms with Gasteiger partial charge in [-0.1, -0.05) is 37.1 Å². The predicted molar refractivity (Wildman–Crippen MR) is 126 cm³/mol. The Morgan fingerprint density at radius 1 is 1.19 bits per heavy atom. The van der Waals surface area contributed by atoms with Crippen LogP contribution in [0.3, 0.4) is 0 Å². The van der Waals surface area contributed by atoms with Crippen LogP contribution in [0.15, 0.2) is 47.4 Å². The van der Waals surface area contributed by atoms with Gasteiger partial charge in [-0.2, -0.15) is 0 Å². The van der Waals surface area contributed by atoms with E-state index in [2.05, 4.69) is 12.2 Å². The number of rotatable bonds is 9. The fourth-order valence-electron chi connectivity index (χ4n) is 2.92. The Bertz CT molecular complexity index is 1060. The van der Waals surface area contributed by atoms with Crippen molar-refractivity contribution in [1.29, 1.82) is 0 Å². The zero-order valence-electron chi connectivity index (χ0n) is 17.7. The zero-order chi connectivity index (χ0) is 23.1. The number of nitrogens with one attached hydrogen (secondary N) is 1. The van der Waals surface area contributed by atoms with Gasteiger partial charge in [0, 0.05) is 10.7 Å². The smallest absolute Gasteiger partial charge is 0.294 e. The molecule has 168 valence electrons. The third kappa shape index (κ3) is 6.05. The quantitative estimate of drug-likeness (QED) is 0.397. The standard InChI is InChI=1S/C23H23ClN2O5S/c1-3-4-10-31-18-9-8-15(11-19(18)30-2)12-20-22(28)26(23(29)32-20)14-21(27)25-17-7-5-6-16(24)13-17/h5-9,11-13H,3-4,10,14H2,1-2H3,(H,25,27)/b20-12-. The molecule has 9 heteroatoms. The lowest BCUT2D eigenvalue weighted by atomic mass is 10.2. The van der Waals surface area contributed by atoms with Gasteiger partial charge in [-0.05, 0) is 60.2 Å². The maximum Gasteiger partial charge on any atom is 0.294 e. The predicted octanol–water partition coefficient (Wildman–Crippen LogP) is 5.20. The number of thioether (sulfide) groups is 1. The van der Waals surface area contributed by atoms with Gasteiger partial charge in [0.05, 0.1) is 18.6 Å². The molecule has 1 saturated heterocycles. The number of unbranched alkanes of at least 4 members (excludes halogenated alkanes) is 1. The number of imide groups is 1. The van der Waals surface area contributed by atoms with E-state index in [0.717, 1.165) is 29.5 Å². The Hall–Kier alpha value is -2.97. The van der Waals surface area contributed by atoms with Crippen LogP contribution < -0.4 is 14.8 Å². The van der Waals surface area contributed by atoms with Crippen LogP contribution in [0, 0.1) is 0 Å². The van der Waals surface area contributed by atoms with Gasteiger partial charge in [-0.3, -0.25) is 19.3 Å². The molecule has 3 rings (SSSR count). The third-order valence-electron chi connectivity index (χ3n) is 4.52. The summed E-state index contributed by atoms with van der Waals surface area (Å²) >= 11 is 6.69. The van der Waals surface area contributed by atoms with Gasteiger partial charge in [-0.15, -0.1) is 0 Å². The Morgan fingerprint density at radius 2 is 2.00 bits per heavy atom. The van der Waals surface area contributed by atoms with E-state index in [4.69, 9.17) is 21.1 Å². The topological polar surface area (TPSA) is 84.9 Å². The molecule has 1 aliphatic rings. The number of halogens is 1. The highest BCUT2D eigenvalue weighted by Gasteiger charge is 2.36. The van der Waals surface area contributed by atoms with Crippen molar-refractivity contribution in [1.82, 2.24) is 4.90 Å². The Morgan fingerprint density at radius 3 is 2.72 bits per heavy atom. The summed E-state index contributed by atoms with van der Waals surface area (Å²) < 4.78 is 11.1. The van der Waals surface area contributed by atoms with Crippen LogP contribution in [-0.2, 0) is 9.59 Å². The molecule has 7 nitrogen and oxygen atoms in total. The fourth-order valence-corrected chi connectivity index (χ4v) is 3.95. The van der Waals surface area contributed by atoms with Gasteiger partial charge in [-0.25, -0.2) is 0 Å². The van der Waals surface area contributed by atoms with Crippen molar-refractivity contribution in [3.63, 3.8) is 0 Å². The third-order valence-corrected chi connectivity index (χ3v) is 5.67. The van der Waals surface area contributed by atoms with E-state index in [1.54, 1.807) is 48.5 Å². The van der Waals surface area contributed by atoms with E-state index in [-0.39, 0.29) is 11.4 Å². The largest absolute Gasteiger partial charge is 0.493 e. The highest BCUT2D eigenvalue weighted by atomic mass is 35.5. The highest BCUT2D eigenvalue weighted by Crippen LogP contribution is 2.34. The molecular weight excluding hydrogens is 452 g/mol. The maximum atomic E-state index is 12.7.